The lowest BCUT2D eigenvalue weighted by Gasteiger charge is -2.13. The molecule has 0 aromatic heterocycles. The van der Waals surface area contributed by atoms with Gasteiger partial charge in [0.25, 0.3) is 0 Å². The van der Waals surface area contributed by atoms with Gasteiger partial charge in [-0.15, -0.1) is 0 Å². The summed E-state index contributed by atoms with van der Waals surface area (Å²) in [6.45, 7) is 1.86. The van der Waals surface area contributed by atoms with E-state index in [1.165, 1.54) is 10.5 Å². The summed E-state index contributed by atoms with van der Waals surface area (Å²) in [5, 5.41) is 11.8. The van der Waals surface area contributed by atoms with Crippen molar-refractivity contribution in [3.63, 3.8) is 0 Å². The topological polar surface area (TPSA) is 52.6 Å². The number of likely N-dealkylation sites (N-methyl/N-ethyl adjacent to an activating group) is 1. The summed E-state index contributed by atoms with van der Waals surface area (Å²) >= 11 is 3.46. The molecule has 5 heteroatoms. The van der Waals surface area contributed by atoms with Crippen LogP contribution in [0.3, 0.4) is 0 Å². The van der Waals surface area contributed by atoms with Crippen LogP contribution in [0.25, 0.3) is 0 Å². The Morgan fingerprint density at radius 2 is 2.19 bits per heavy atom. The van der Waals surface area contributed by atoms with Crippen LogP contribution in [-0.2, 0) is 6.54 Å². The van der Waals surface area contributed by atoms with E-state index in [0.29, 0.717) is 13.1 Å². The number of benzene rings is 1. The first-order chi connectivity index (χ1) is 7.61. The highest BCUT2D eigenvalue weighted by Gasteiger charge is 2.03. The van der Waals surface area contributed by atoms with E-state index in [-0.39, 0.29) is 0 Å². The van der Waals surface area contributed by atoms with E-state index in [9.17, 15) is 4.79 Å². The number of nitrogens with one attached hydrogen (secondary N) is 1. The van der Waals surface area contributed by atoms with Gasteiger partial charge in [0.1, 0.15) is 0 Å². The fourth-order valence-electron chi connectivity index (χ4n) is 1.21. The minimum Gasteiger partial charge on any atom is -0.465 e. The van der Waals surface area contributed by atoms with E-state index in [2.05, 4.69) is 21.2 Å². The van der Waals surface area contributed by atoms with Crippen LogP contribution < -0.4 is 5.32 Å². The van der Waals surface area contributed by atoms with Gasteiger partial charge in [0.15, 0.2) is 0 Å². The van der Waals surface area contributed by atoms with Gasteiger partial charge < -0.3 is 15.3 Å². The maximum absolute atomic E-state index is 10.5. The van der Waals surface area contributed by atoms with Gasteiger partial charge in [0, 0.05) is 31.2 Å². The molecule has 0 bridgehead atoms. The van der Waals surface area contributed by atoms with Gasteiger partial charge in [-0.05, 0) is 11.6 Å². The summed E-state index contributed by atoms with van der Waals surface area (Å²) < 4.78 is 1.06. The van der Waals surface area contributed by atoms with Crippen molar-refractivity contribution in [2.45, 2.75) is 6.54 Å². The summed E-state index contributed by atoms with van der Waals surface area (Å²) in [5.41, 5.74) is 1.17. The van der Waals surface area contributed by atoms with Crippen LogP contribution in [0.15, 0.2) is 28.7 Å². The molecule has 0 aliphatic carbocycles. The number of amides is 1. The van der Waals surface area contributed by atoms with Crippen LogP contribution in [0, 0.1) is 0 Å². The monoisotopic (exact) mass is 286 g/mol. The molecule has 0 spiro atoms. The normalized spacial score (nSPS) is 10.1. The Bertz CT molecular complexity index is 358. The zero-order chi connectivity index (χ0) is 12.0. The van der Waals surface area contributed by atoms with Crippen molar-refractivity contribution < 1.29 is 9.90 Å². The second kappa shape index (κ2) is 6.50. The lowest BCUT2D eigenvalue weighted by atomic mass is 10.2. The molecule has 0 unspecified atom stereocenters. The van der Waals surface area contributed by atoms with Gasteiger partial charge in [-0.3, -0.25) is 0 Å². The molecular formula is C11H15BrN2O2. The predicted octanol–water partition coefficient (Wildman–Crippen LogP) is 2.15. The minimum atomic E-state index is -0.900. The van der Waals surface area contributed by atoms with E-state index in [1.807, 2.05) is 24.3 Å². The molecular weight excluding hydrogens is 272 g/mol. The average molecular weight is 287 g/mol. The predicted molar refractivity (Wildman–Crippen MR) is 66.5 cm³/mol. The third-order valence-electron chi connectivity index (χ3n) is 2.22. The zero-order valence-corrected chi connectivity index (χ0v) is 10.7. The number of carbonyl (C=O) groups is 1. The SMILES string of the molecule is CN(CCNCc1ccccc1Br)C(=O)O. The number of hydrogen-bond acceptors (Lipinski definition) is 2. The second-order valence-electron chi connectivity index (χ2n) is 3.47. The average Bonchev–Trinajstić information content (AvgIpc) is 2.26. The molecule has 0 radical (unpaired) electrons. The van der Waals surface area contributed by atoms with Gasteiger partial charge in [0.2, 0.25) is 0 Å². The summed E-state index contributed by atoms with van der Waals surface area (Å²) in [7, 11) is 1.56. The van der Waals surface area contributed by atoms with Crippen LogP contribution in [0.1, 0.15) is 5.56 Å². The van der Waals surface area contributed by atoms with E-state index < -0.39 is 6.09 Å². The molecule has 0 saturated heterocycles. The van der Waals surface area contributed by atoms with Gasteiger partial charge in [-0.25, -0.2) is 4.79 Å². The summed E-state index contributed by atoms with van der Waals surface area (Å²) in [4.78, 5) is 11.8. The van der Waals surface area contributed by atoms with Crippen LogP contribution >= 0.6 is 15.9 Å². The Hall–Kier alpha value is -1.07. The number of nitrogens with zero attached hydrogens (tertiary/aromatic N) is 1. The maximum Gasteiger partial charge on any atom is 0.407 e. The number of rotatable bonds is 5. The smallest absolute Gasteiger partial charge is 0.407 e. The first-order valence-electron chi connectivity index (χ1n) is 4.99. The van der Waals surface area contributed by atoms with E-state index >= 15 is 0 Å². The molecule has 2 N–H and O–H groups in total. The number of halogens is 1. The third kappa shape index (κ3) is 4.20. The molecule has 0 fully saturated rings. The van der Waals surface area contributed by atoms with Crippen LogP contribution in [-0.4, -0.2) is 36.2 Å². The van der Waals surface area contributed by atoms with E-state index in [4.69, 9.17) is 5.11 Å². The van der Waals surface area contributed by atoms with E-state index in [0.717, 1.165) is 11.0 Å². The summed E-state index contributed by atoms with van der Waals surface area (Å²) in [5.74, 6) is 0. The summed E-state index contributed by atoms with van der Waals surface area (Å²) in [6, 6.07) is 7.95. The molecule has 0 saturated carbocycles. The van der Waals surface area contributed by atoms with Crippen molar-refractivity contribution in [2.75, 3.05) is 20.1 Å². The Labute approximate surface area is 103 Å². The van der Waals surface area contributed by atoms with Crippen LogP contribution in [0.5, 0.6) is 0 Å². The fraction of sp³-hybridized carbons (Fsp3) is 0.364. The highest BCUT2D eigenvalue weighted by atomic mass is 79.9. The third-order valence-corrected chi connectivity index (χ3v) is 3.00. The molecule has 88 valence electrons. The summed E-state index contributed by atoms with van der Waals surface area (Å²) in [6.07, 6.45) is -0.900. The van der Waals surface area contributed by atoms with Gasteiger partial charge >= 0.3 is 6.09 Å². The van der Waals surface area contributed by atoms with Crippen molar-refractivity contribution in [2.24, 2.45) is 0 Å². The molecule has 0 aliphatic heterocycles. The largest absolute Gasteiger partial charge is 0.465 e. The van der Waals surface area contributed by atoms with Gasteiger partial charge in [-0.1, -0.05) is 34.1 Å². The lowest BCUT2D eigenvalue weighted by Crippen LogP contribution is -2.32. The second-order valence-corrected chi connectivity index (χ2v) is 4.33. The first-order valence-corrected chi connectivity index (χ1v) is 5.78. The standard InChI is InChI=1S/C11H15BrN2O2/c1-14(11(15)16)7-6-13-8-9-4-2-3-5-10(9)12/h2-5,13H,6-8H2,1H3,(H,15,16). The quantitative estimate of drug-likeness (QED) is 0.816. The molecule has 1 aromatic carbocycles. The molecule has 0 heterocycles. The molecule has 1 rings (SSSR count). The molecule has 4 nitrogen and oxygen atoms in total. The Morgan fingerprint density at radius 1 is 1.50 bits per heavy atom. The van der Waals surface area contributed by atoms with Crippen molar-refractivity contribution in [1.29, 1.82) is 0 Å². The fourth-order valence-corrected chi connectivity index (χ4v) is 1.63. The number of hydrogen-bond donors (Lipinski definition) is 2. The highest BCUT2D eigenvalue weighted by molar-refractivity contribution is 9.10. The molecule has 0 aliphatic rings. The molecule has 16 heavy (non-hydrogen) atoms. The van der Waals surface area contributed by atoms with Crippen molar-refractivity contribution in [1.82, 2.24) is 10.2 Å². The van der Waals surface area contributed by atoms with Gasteiger partial charge in [0.05, 0.1) is 0 Å². The van der Waals surface area contributed by atoms with E-state index in [1.54, 1.807) is 7.05 Å². The maximum atomic E-state index is 10.5. The van der Waals surface area contributed by atoms with Crippen molar-refractivity contribution >= 4 is 22.0 Å². The number of carboxylic acid groups (broad SMARTS) is 1. The minimum absolute atomic E-state index is 0.486. The highest BCUT2D eigenvalue weighted by Crippen LogP contribution is 2.14. The zero-order valence-electron chi connectivity index (χ0n) is 9.11. The molecule has 1 aromatic rings. The van der Waals surface area contributed by atoms with Crippen molar-refractivity contribution in [3.8, 4) is 0 Å². The van der Waals surface area contributed by atoms with Crippen LogP contribution in [0.4, 0.5) is 4.79 Å². The Kier molecular flexibility index (Phi) is 5.28. The first kappa shape index (κ1) is 13.0. The van der Waals surface area contributed by atoms with Gasteiger partial charge in [-0.2, -0.15) is 0 Å². The Balaban J connectivity index is 2.26. The molecule has 0 atom stereocenters. The lowest BCUT2D eigenvalue weighted by molar-refractivity contribution is 0.156. The molecule has 1 amide bonds. The van der Waals surface area contributed by atoms with Crippen LogP contribution in [0.2, 0.25) is 0 Å². The van der Waals surface area contributed by atoms with Crippen molar-refractivity contribution in [3.05, 3.63) is 34.3 Å². The Morgan fingerprint density at radius 3 is 2.81 bits per heavy atom.